The van der Waals surface area contributed by atoms with Crippen molar-refractivity contribution in [3.05, 3.63) is 30.3 Å². The summed E-state index contributed by atoms with van der Waals surface area (Å²) in [7, 11) is -3.79. The van der Waals surface area contributed by atoms with Crippen LogP contribution in [0, 0.1) is 0 Å². The van der Waals surface area contributed by atoms with E-state index in [1.54, 1.807) is 18.2 Å². The van der Waals surface area contributed by atoms with Crippen LogP contribution in [0.4, 0.5) is 31.1 Å². The number of hydrogen-bond acceptors (Lipinski definition) is 5. The molecule has 0 aliphatic carbocycles. The molecule has 1 aromatic rings. The number of alkyl halides is 6. The summed E-state index contributed by atoms with van der Waals surface area (Å²) in [4.78, 5) is 12.7. The molecule has 1 atom stereocenters. The van der Waals surface area contributed by atoms with Crippen LogP contribution in [0.15, 0.2) is 35.2 Å². The number of sulfonamides is 1. The minimum Gasteiger partial charge on any atom is -0.426 e. The van der Waals surface area contributed by atoms with Crippen LogP contribution >= 0.6 is 0 Å². The average molecular weight is 490 g/mol. The van der Waals surface area contributed by atoms with E-state index in [4.69, 9.17) is 4.74 Å². The molecule has 2 fully saturated rings. The molecule has 1 amide bonds. The van der Waals surface area contributed by atoms with E-state index in [0.717, 1.165) is 4.90 Å². The maximum atomic E-state index is 12.6. The van der Waals surface area contributed by atoms with E-state index in [2.05, 4.69) is 9.46 Å². The quantitative estimate of drug-likeness (QED) is 0.656. The van der Waals surface area contributed by atoms with E-state index in [9.17, 15) is 39.6 Å². The summed E-state index contributed by atoms with van der Waals surface area (Å²) < 4.78 is 112. The van der Waals surface area contributed by atoms with Crippen LogP contribution in [0.5, 0.6) is 0 Å². The van der Waals surface area contributed by atoms with Crippen LogP contribution in [-0.4, -0.2) is 69.2 Å². The van der Waals surface area contributed by atoms with Crippen LogP contribution < -0.4 is 4.72 Å². The number of carbonyl (C=O) groups is 1. The molecule has 2 aliphatic rings. The van der Waals surface area contributed by atoms with Gasteiger partial charge in [-0.25, -0.2) is 17.9 Å². The Labute approximate surface area is 179 Å². The van der Waals surface area contributed by atoms with Gasteiger partial charge in [-0.05, 0) is 31.4 Å². The number of nitrogens with one attached hydrogen (secondary N) is 1. The minimum atomic E-state index is -5.79. The highest BCUT2D eigenvalue weighted by atomic mass is 32.2. The highest BCUT2D eigenvalue weighted by molar-refractivity contribution is 7.89. The molecule has 7 nitrogen and oxygen atoms in total. The number of likely N-dealkylation sites (tertiary alicyclic amines) is 1. The fourth-order valence-corrected chi connectivity index (χ4v) is 4.99. The Morgan fingerprint density at radius 3 is 2.19 bits per heavy atom. The molecule has 32 heavy (non-hydrogen) atoms. The van der Waals surface area contributed by atoms with E-state index in [1.807, 2.05) is 0 Å². The van der Waals surface area contributed by atoms with Crippen LogP contribution in [0.3, 0.4) is 0 Å². The molecule has 14 heteroatoms. The molecule has 2 heterocycles. The van der Waals surface area contributed by atoms with Gasteiger partial charge in [0.2, 0.25) is 10.0 Å². The molecule has 1 N–H and O–H groups in total. The van der Waals surface area contributed by atoms with Gasteiger partial charge in [-0.2, -0.15) is 26.3 Å². The number of nitrogens with zero attached hydrogens (tertiary/aromatic N) is 1. The molecule has 1 aromatic carbocycles. The first-order chi connectivity index (χ1) is 14.7. The first kappa shape index (κ1) is 24.6. The summed E-state index contributed by atoms with van der Waals surface area (Å²) in [5, 5.41) is 0. The fourth-order valence-electron chi connectivity index (χ4n) is 3.75. The van der Waals surface area contributed by atoms with Gasteiger partial charge in [-0.1, -0.05) is 18.2 Å². The summed E-state index contributed by atoms with van der Waals surface area (Å²) in [6.07, 6.45) is -17.1. The van der Waals surface area contributed by atoms with Crippen LogP contribution in [0.2, 0.25) is 0 Å². The van der Waals surface area contributed by atoms with Gasteiger partial charge >= 0.3 is 18.4 Å². The molecule has 0 radical (unpaired) electrons. The van der Waals surface area contributed by atoms with Crippen molar-refractivity contribution >= 4 is 16.1 Å². The third-order valence-corrected chi connectivity index (χ3v) is 6.87. The summed E-state index contributed by atoms with van der Waals surface area (Å²) in [6.45, 7) is -0.348. The van der Waals surface area contributed by atoms with Crippen LogP contribution in [0.25, 0.3) is 0 Å². The lowest BCUT2D eigenvalue weighted by molar-refractivity contribution is -0.308. The number of benzene rings is 1. The largest absolute Gasteiger partial charge is 0.434 e. The van der Waals surface area contributed by atoms with Gasteiger partial charge in [-0.15, -0.1) is 0 Å². The van der Waals surface area contributed by atoms with Gasteiger partial charge in [0, 0.05) is 19.1 Å². The van der Waals surface area contributed by atoms with E-state index >= 15 is 0 Å². The number of ether oxygens (including phenoxy) is 2. The van der Waals surface area contributed by atoms with Gasteiger partial charge in [0.1, 0.15) is 0 Å². The molecule has 3 rings (SSSR count). The third kappa shape index (κ3) is 5.64. The predicted octanol–water partition coefficient (Wildman–Crippen LogP) is 3.22. The van der Waals surface area contributed by atoms with E-state index in [-0.39, 0.29) is 43.9 Å². The Kier molecular flexibility index (Phi) is 6.69. The number of halogens is 6. The molecule has 0 unspecified atom stereocenters. The van der Waals surface area contributed by atoms with Crippen LogP contribution in [0.1, 0.15) is 19.3 Å². The smallest absolute Gasteiger partial charge is 0.426 e. The molecule has 180 valence electrons. The Hall–Kier alpha value is -2.06. The first-order valence-electron chi connectivity index (χ1n) is 9.52. The Balaban J connectivity index is 1.56. The second kappa shape index (κ2) is 8.71. The zero-order chi connectivity index (χ0) is 23.8. The topological polar surface area (TPSA) is 84.9 Å². The van der Waals surface area contributed by atoms with Crippen molar-refractivity contribution in [1.82, 2.24) is 9.62 Å². The van der Waals surface area contributed by atoms with Crippen molar-refractivity contribution < 1.29 is 49.0 Å². The number of carbonyl (C=O) groups excluding carboxylic acids is 1. The van der Waals surface area contributed by atoms with Gasteiger partial charge in [0.05, 0.1) is 17.1 Å². The highest BCUT2D eigenvalue weighted by Gasteiger charge is 2.60. The molecule has 1 spiro atoms. The molecule has 0 aromatic heterocycles. The monoisotopic (exact) mass is 490 g/mol. The van der Waals surface area contributed by atoms with E-state index in [0.29, 0.717) is 0 Å². The zero-order valence-corrected chi connectivity index (χ0v) is 17.3. The predicted molar refractivity (Wildman–Crippen MR) is 97.0 cm³/mol. The van der Waals surface area contributed by atoms with E-state index < -0.39 is 46.2 Å². The van der Waals surface area contributed by atoms with Crippen molar-refractivity contribution in [2.75, 3.05) is 19.7 Å². The Morgan fingerprint density at radius 2 is 1.66 bits per heavy atom. The zero-order valence-electron chi connectivity index (χ0n) is 16.4. The highest BCUT2D eigenvalue weighted by Crippen LogP contribution is 2.38. The molecule has 2 saturated heterocycles. The minimum absolute atomic E-state index is 0.0424. The molecular weight excluding hydrogens is 470 g/mol. The second-order valence-corrected chi connectivity index (χ2v) is 9.38. The van der Waals surface area contributed by atoms with Crippen molar-refractivity contribution in [1.29, 1.82) is 0 Å². The molecule has 2 aliphatic heterocycles. The van der Waals surface area contributed by atoms with Crippen molar-refractivity contribution in [2.45, 2.75) is 54.3 Å². The third-order valence-electron chi connectivity index (χ3n) is 5.33. The number of piperidine rings is 1. The van der Waals surface area contributed by atoms with Gasteiger partial charge < -0.3 is 14.4 Å². The average Bonchev–Trinajstić information content (AvgIpc) is 3.06. The van der Waals surface area contributed by atoms with Crippen molar-refractivity contribution in [3.8, 4) is 0 Å². The number of amides is 1. The van der Waals surface area contributed by atoms with Gasteiger partial charge in [0.15, 0.2) is 0 Å². The lowest BCUT2D eigenvalue weighted by atomic mass is 9.88. The van der Waals surface area contributed by atoms with Gasteiger partial charge in [-0.3, -0.25) is 0 Å². The maximum Gasteiger partial charge on any atom is 0.434 e. The molecule has 0 saturated carbocycles. The van der Waals surface area contributed by atoms with Crippen molar-refractivity contribution in [3.63, 3.8) is 0 Å². The first-order valence-corrected chi connectivity index (χ1v) is 11.0. The summed E-state index contributed by atoms with van der Waals surface area (Å²) >= 11 is 0. The standard InChI is InChI=1S/C18H20F6N2O5S/c19-17(20,21)14(18(22,23)24)31-15(27)26-8-6-16(7-9-26)10-12(11-30-16)25-32(28,29)13-4-2-1-3-5-13/h1-5,12,14,25H,6-11H2/t12-/m0/s1. The number of hydrogen-bond donors (Lipinski definition) is 1. The Morgan fingerprint density at radius 1 is 1.09 bits per heavy atom. The molecular formula is C18H20F6N2O5S. The summed E-state index contributed by atoms with van der Waals surface area (Å²) in [5.74, 6) is 0. The summed E-state index contributed by atoms with van der Waals surface area (Å²) in [6, 6.07) is 7.08. The lowest BCUT2D eigenvalue weighted by Crippen LogP contribution is -2.51. The lowest BCUT2D eigenvalue weighted by Gasteiger charge is -2.38. The SMILES string of the molecule is O=C(OC(C(F)(F)F)C(F)(F)F)N1CCC2(CC1)C[C@H](NS(=O)(=O)c1ccccc1)CO2. The second-order valence-electron chi connectivity index (χ2n) is 7.66. The Bertz CT molecular complexity index is 900. The molecule has 0 bridgehead atoms. The van der Waals surface area contributed by atoms with Crippen LogP contribution in [-0.2, 0) is 19.5 Å². The normalized spacial score (nSPS) is 21.8. The summed E-state index contributed by atoms with van der Waals surface area (Å²) in [5.41, 5.74) is -0.839. The van der Waals surface area contributed by atoms with Gasteiger partial charge in [0.25, 0.3) is 6.10 Å². The fraction of sp³-hybridized carbons (Fsp3) is 0.611. The van der Waals surface area contributed by atoms with Crippen molar-refractivity contribution in [2.24, 2.45) is 0 Å². The number of rotatable bonds is 4. The van der Waals surface area contributed by atoms with E-state index in [1.165, 1.54) is 12.1 Å². The maximum absolute atomic E-state index is 12.6.